The summed E-state index contributed by atoms with van der Waals surface area (Å²) in [6, 6.07) is 11.6. The molecule has 0 saturated carbocycles. The fourth-order valence-electron chi connectivity index (χ4n) is 2.52. The van der Waals surface area contributed by atoms with Crippen LogP contribution in [0.5, 0.6) is 0 Å². The normalized spacial score (nSPS) is 11.1. The summed E-state index contributed by atoms with van der Waals surface area (Å²) in [4.78, 5) is 13.5. The number of carbonyl (C=O) groups is 1. The number of hydrogen-bond acceptors (Lipinski definition) is 5. The number of hydrogen-bond donors (Lipinski definition) is 1. The Hall–Kier alpha value is -2.12. The largest absolute Gasteiger partial charge is 0.325 e. The topological polar surface area (TPSA) is 59.8 Å². The Morgan fingerprint density at radius 2 is 2.04 bits per heavy atom. The first-order valence-electron chi connectivity index (χ1n) is 8.58. The van der Waals surface area contributed by atoms with Crippen LogP contribution >= 0.6 is 23.1 Å². The maximum Gasteiger partial charge on any atom is 0.234 e. The number of nitrogens with one attached hydrogen (secondary N) is 1. The molecule has 0 spiro atoms. The standard InChI is InChI=1S/C19H22N4OS2/c1-4-23-18(14-10-16(13(2)3)25-11-14)21-22-19(23)26-12-17(24)20-15-8-6-5-7-9-15/h5-11,13H,4,12H2,1-3H3,(H,20,24). The van der Waals surface area contributed by atoms with Gasteiger partial charge in [-0.15, -0.1) is 21.5 Å². The predicted octanol–water partition coefficient (Wildman–Crippen LogP) is 4.88. The first-order valence-corrected chi connectivity index (χ1v) is 10.4. The number of nitrogens with zero attached hydrogens (tertiary/aromatic N) is 3. The first kappa shape index (κ1) is 18.7. The zero-order chi connectivity index (χ0) is 18.5. The molecule has 1 N–H and O–H groups in total. The molecule has 0 bridgehead atoms. The van der Waals surface area contributed by atoms with E-state index in [9.17, 15) is 4.79 Å². The van der Waals surface area contributed by atoms with Gasteiger partial charge in [-0.2, -0.15) is 0 Å². The lowest BCUT2D eigenvalue weighted by atomic mass is 10.1. The average Bonchev–Trinajstić information content (AvgIpc) is 3.27. The minimum atomic E-state index is -0.0500. The molecule has 1 aromatic carbocycles. The number of anilines is 1. The zero-order valence-corrected chi connectivity index (χ0v) is 16.7. The second kappa shape index (κ2) is 8.51. The highest BCUT2D eigenvalue weighted by molar-refractivity contribution is 7.99. The summed E-state index contributed by atoms with van der Waals surface area (Å²) < 4.78 is 2.06. The second-order valence-electron chi connectivity index (χ2n) is 6.15. The van der Waals surface area contributed by atoms with Crippen molar-refractivity contribution in [2.24, 2.45) is 0 Å². The lowest BCUT2D eigenvalue weighted by Crippen LogP contribution is -2.14. The van der Waals surface area contributed by atoms with E-state index in [-0.39, 0.29) is 5.91 Å². The Bertz CT molecular complexity index is 871. The van der Waals surface area contributed by atoms with Crippen molar-refractivity contribution < 1.29 is 4.79 Å². The van der Waals surface area contributed by atoms with E-state index < -0.39 is 0 Å². The van der Waals surface area contributed by atoms with Crippen LogP contribution in [0.1, 0.15) is 31.6 Å². The van der Waals surface area contributed by atoms with Gasteiger partial charge in [0, 0.05) is 28.1 Å². The maximum absolute atomic E-state index is 12.2. The SMILES string of the molecule is CCn1c(SCC(=O)Nc2ccccc2)nnc1-c1csc(C(C)C)c1. The summed E-state index contributed by atoms with van der Waals surface area (Å²) in [5.41, 5.74) is 1.89. The molecule has 1 amide bonds. The van der Waals surface area contributed by atoms with Gasteiger partial charge in [-0.05, 0) is 31.0 Å². The zero-order valence-electron chi connectivity index (χ0n) is 15.1. The molecule has 3 aromatic rings. The Morgan fingerprint density at radius 3 is 2.69 bits per heavy atom. The number of para-hydroxylation sites is 1. The third-order valence-corrected chi connectivity index (χ3v) is 6.07. The van der Waals surface area contributed by atoms with Crippen molar-refractivity contribution >= 4 is 34.7 Å². The summed E-state index contributed by atoms with van der Waals surface area (Å²) >= 11 is 3.16. The van der Waals surface area contributed by atoms with E-state index in [1.54, 1.807) is 11.3 Å². The smallest absolute Gasteiger partial charge is 0.234 e. The van der Waals surface area contributed by atoms with Gasteiger partial charge in [0.1, 0.15) is 0 Å². The number of amides is 1. The van der Waals surface area contributed by atoms with Gasteiger partial charge < -0.3 is 9.88 Å². The van der Waals surface area contributed by atoms with Crippen molar-refractivity contribution in [1.82, 2.24) is 14.8 Å². The molecule has 3 rings (SSSR count). The van der Waals surface area contributed by atoms with Gasteiger partial charge in [-0.3, -0.25) is 4.79 Å². The van der Waals surface area contributed by atoms with Gasteiger partial charge in [0.2, 0.25) is 5.91 Å². The Morgan fingerprint density at radius 1 is 1.27 bits per heavy atom. The van der Waals surface area contributed by atoms with Crippen molar-refractivity contribution in [2.75, 3.05) is 11.1 Å². The van der Waals surface area contributed by atoms with Crippen LogP contribution < -0.4 is 5.32 Å². The van der Waals surface area contributed by atoms with Crippen LogP contribution in [0.15, 0.2) is 46.9 Å². The molecule has 0 aliphatic carbocycles. The molecule has 26 heavy (non-hydrogen) atoms. The third kappa shape index (κ3) is 4.34. The predicted molar refractivity (Wildman–Crippen MR) is 109 cm³/mol. The lowest BCUT2D eigenvalue weighted by Gasteiger charge is -2.07. The van der Waals surface area contributed by atoms with Crippen LogP contribution in [0.3, 0.4) is 0 Å². The monoisotopic (exact) mass is 386 g/mol. The third-order valence-electron chi connectivity index (χ3n) is 3.87. The number of carbonyl (C=O) groups excluding carboxylic acids is 1. The van der Waals surface area contributed by atoms with Crippen molar-refractivity contribution in [2.45, 2.75) is 38.4 Å². The van der Waals surface area contributed by atoms with Gasteiger partial charge in [0.05, 0.1) is 5.75 Å². The van der Waals surface area contributed by atoms with Gasteiger partial charge in [-0.1, -0.05) is 43.8 Å². The maximum atomic E-state index is 12.2. The number of aromatic nitrogens is 3. The van der Waals surface area contributed by atoms with Crippen LogP contribution in [0.2, 0.25) is 0 Å². The highest BCUT2D eigenvalue weighted by atomic mass is 32.2. The molecule has 2 aromatic heterocycles. The minimum Gasteiger partial charge on any atom is -0.325 e. The first-order chi connectivity index (χ1) is 12.6. The molecule has 0 saturated heterocycles. The highest BCUT2D eigenvalue weighted by Crippen LogP contribution is 2.31. The van der Waals surface area contributed by atoms with E-state index in [0.717, 1.165) is 28.8 Å². The molecule has 0 fully saturated rings. The highest BCUT2D eigenvalue weighted by Gasteiger charge is 2.16. The summed E-state index contributed by atoms with van der Waals surface area (Å²) in [5.74, 6) is 1.61. The van der Waals surface area contributed by atoms with Crippen LogP contribution in [-0.2, 0) is 11.3 Å². The molecule has 0 radical (unpaired) electrons. The summed E-state index contributed by atoms with van der Waals surface area (Å²) in [6.45, 7) is 7.20. The molecule has 136 valence electrons. The van der Waals surface area contributed by atoms with E-state index in [1.807, 2.05) is 30.3 Å². The quantitative estimate of drug-likeness (QED) is 0.588. The molecule has 7 heteroatoms. The fraction of sp³-hybridized carbons (Fsp3) is 0.316. The van der Waals surface area contributed by atoms with E-state index in [0.29, 0.717) is 11.7 Å². The van der Waals surface area contributed by atoms with E-state index >= 15 is 0 Å². The Labute approximate surface area is 161 Å². The fourth-order valence-corrected chi connectivity index (χ4v) is 4.22. The van der Waals surface area contributed by atoms with Crippen molar-refractivity contribution in [3.63, 3.8) is 0 Å². The number of rotatable bonds is 7. The van der Waals surface area contributed by atoms with Crippen LogP contribution in [0.4, 0.5) is 5.69 Å². The Kier molecular flexibility index (Phi) is 6.11. The summed E-state index contributed by atoms with van der Waals surface area (Å²) in [6.07, 6.45) is 0. The molecular weight excluding hydrogens is 364 g/mol. The molecule has 5 nitrogen and oxygen atoms in total. The summed E-state index contributed by atoms with van der Waals surface area (Å²) in [7, 11) is 0. The van der Waals surface area contributed by atoms with Crippen LogP contribution in [0, 0.1) is 0 Å². The van der Waals surface area contributed by atoms with Crippen molar-refractivity contribution in [3.8, 4) is 11.4 Å². The van der Waals surface area contributed by atoms with E-state index in [1.165, 1.54) is 16.6 Å². The minimum absolute atomic E-state index is 0.0500. The van der Waals surface area contributed by atoms with Crippen LogP contribution in [-0.4, -0.2) is 26.4 Å². The number of benzene rings is 1. The molecule has 0 aliphatic heterocycles. The molecule has 2 heterocycles. The lowest BCUT2D eigenvalue weighted by molar-refractivity contribution is -0.113. The molecule has 0 aliphatic rings. The van der Waals surface area contributed by atoms with Crippen LogP contribution in [0.25, 0.3) is 11.4 Å². The van der Waals surface area contributed by atoms with Crippen molar-refractivity contribution in [1.29, 1.82) is 0 Å². The van der Waals surface area contributed by atoms with Crippen molar-refractivity contribution in [3.05, 3.63) is 46.7 Å². The van der Waals surface area contributed by atoms with E-state index in [4.69, 9.17) is 0 Å². The van der Waals surface area contributed by atoms with Gasteiger partial charge >= 0.3 is 0 Å². The average molecular weight is 387 g/mol. The number of thioether (sulfide) groups is 1. The summed E-state index contributed by atoms with van der Waals surface area (Å²) in [5, 5.41) is 14.4. The van der Waals surface area contributed by atoms with Gasteiger partial charge in [0.15, 0.2) is 11.0 Å². The van der Waals surface area contributed by atoms with E-state index in [2.05, 4.69) is 52.3 Å². The molecule has 0 atom stereocenters. The second-order valence-corrected chi connectivity index (χ2v) is 8.03. The van der Waals surface area contributed by atoms with Gasteiger partial charge in [-0.25, -0.2) is 0 Å². The Balaban J connectivity index is 1.69. The molecular formula is C19H22N4OS2. The number of thiophene rings is 1. The van der Waals surface area contributed by atoms with Gasteiger partial charge in [0.25, 0.3) is 0 Å². The molecule has 0 unspecified atom stereocenters.